The van der Waals surface area contributed by atoms with E-state index < -0.39 is 0 Å². The lowest BCUT2D eigenvalue weighted by Crippen LogP contribution is -2.13. The molecule has 0 aliphatic carbocycles. The maximum Gasteiger partial charge on any atom is 0.129 e. The van der Waals surface area contributed by atoms with Gasteiger partial charge in [0.15, 0.2) is 0 Å². The van der Waals surface area contributed by atoms with Gasteiger partial charge in [-0.3, -0.25) is 0 Å². The van der Waals surface area contributed by atoms with Crippen molar-refractivity contribution in [3.63, 3.8) is 0 Å². The predicted molar refractivity (Wildman–Crippen MR) is 89.2 cm³/mol. The van der Waals surface area contributed by atoms with E-state index >= 15 is 0 Å². The maximum absolute atomic E-state index is 5.77. The highest BCUT2D eigenvalue weighted by Gasteiger charge is 2.15. The summed E-state index contributed by atoms with van der Waals surface area (Å²) in [4.78, 5) is 8.44. The van der Waals surface area contributed by atoms with Crippen LogP contribution in [0.2, 0.25) is 0 Å². The van der Waals surface area contributed by atoms with Crippen molar-refractivity contribution in [1.82, 2.24) is 9.97 Å². The van der Waals surface area contributed by atoms with Crippen LogP contribution >= 0.6 is 0 Å². The number of aryl methyl sites for hydroxylation is 1. The Kier molecular flexibility index (Phi) is 5.56. The van der Waals surface area contributed by atoms with Crippen LogP contribution in [-0.2, 0) is 22.6 Å². The van der Waals surface area contributed by atoms with Gasteiger partial charge in [0.25, 0.3) is 0 Å². The molecule has 1 N–H and O–H groups in total. The molecule has 0 radical (unpaired) electrons. The highest BCUT2D eigenvalue weighted by atomic mass is 16.5. The molecule has 23 heavy (non-hydrogen) atoms. The van der Waals surface area contributed by atoms with Crippen LogP contribution in [0, 0.1) is 6.92 Å². The van der Waals surface area contributed by atoms with Gasteiger partial charge in [-0.15, -0.1) is 0 Å². The second-order valence-electron chi connectivity index (χ2n) is 5.81. The Labute approximate surface area is 137 Å². The summed E-state index contributed by atoms with van der Waals surface area (Å²) in [6.45, 7) is 4.80. The third-order valence-electron chi connectivity index (χ3n) is 3.84. The van der Waals surface area contributed by atoms with Crippen molar-refractivity contribution in [3.05, 3.63) is 53.5 Å². The Morgan fingerprint density at radius 3 is 3.04 bits per heavy atom. The molecule has 1 atom stereocenters. The number of hydrogen-bond donors (Lipinski definition) is 1. The Bertz CT molecular complexity index is 627. The smallest absolute Gasteiger partial charge is 0.129 e. The lowest BCUT2D eigenvalue weighted by molar-refractivity contribution is 0.0106. The van der Waals surface area contributed by atoms with E-state index in [4.69, 9.17) is 9.47 Å². The fourth-order valence-corrected chi connectivity index (χ4v) is 2.66. The summed E-state index contributed by atoms with van der Waals surface area (Å²) in [6.07, 6.45) is 4.31. The van der Waals surface area contributed by atoms with Crippen LogP contribution in [0.25, 0.3) is 0 Å². The number of aromatic nitrogens is 2. The van der Waals surface area contributed by atoms with E-state index in [2.05, 4.69) is 39.6 Å². The van der Waals surface area contributed by atoms with Crippen molar-refractivity contribution < 1.29 is 9.47 Å². The molecule has 0 saturated carbocycles. The van der Waals surface area contributed by atoms with Crippen molar-refractivity contribution >= 4 is 5.82 Å². The number of nitrogens with one attached hydrogen (secondary N) is 1. The predicted octanol–water partition coefficient (Wildman–Crippen LogP) is 3.09. The minimum atomic E-state index is 0.279. The van der Waals surface area contributed by atoms with Crippen molar-refractivity contribution in [2.24, 2.45) is 0 Å². The molecular formula is C18H23N3O2. The van der Waals surface area contributed by atoms with Crippen LogP contribution in [-0.4, -0.2) is 29.3 Å². The second kappa shape index (κ2) is 8.04. The Morgan fingerprint density at radius 2 is 2.22 bits per heavy atom. The van der Waals surface area contributed by atoms with Gasteiger partial charge >= 0.3 is 0 Å². The minimum absolute atomic E-state index is 0.279. The van der Waals surface area contributed by atoms with E-state index in [0.717, 1.165) is 37.6 Å². The summed E-state index contributed by atoms with van der Waals surface area (Å²) >= 11 is 0. The van der Waals surface area contributed by atoms with Gasteiger partial charge in [-0.05, 0) is 37.0 Å². The molecule has 5 nitrogen and oxygen atoms in total. The molecule has 2 aromatic rings. The van der Waals surface area contributed by atoms with E-state index in [1.54, 1.807) is 6.20 Å². The standard InChI is InChI=1S/C18H23N3O2/c1-14-19-8-7-18(21-14)20-11-15-4-2-5-16(10-15)12-22-13-17-6-3-9-23-17/h2,4-5,7-8,10,17H,3,6,9,11-13H2,1H3,(H,19,20,21). The number of anilines is 1. The summed E-state index contributed by atoms with van der Waals surface area (Å²) in [6, 6.07) is 10.3. The zero-order valence-corrected chi connectivity index (χ0v) is 13.5. The summed E-state index contributed by atoms with van der Waals surface area (Å²) in [5, 5.41) is 3.32. The third-order valence-corrected chi connectivity index (χ3v) is 3.84. The lowest BCUT2D eigenvalue weighted by Gasteiger charge is -2.11. The molecule has 0 bridgehead atoms. The van der Waals surface area contributed by atoms with E-state index in [1.807, 2.05) is 13.0 Å². The zero-order valence-electron chi connectivity index (χ0n) is 13.5. The number of rotatable bonds is 7. The first kappa shape index (κ1) is 15.9. The molecule has 1 aliphatic rings. The number of hydrogen-bond acceptors (Lipinski definition) is 5. The molecule has 1 unspecified atom stereocenters. The van der Waals surface area contributed by atoms with Crippen LogP contribution < -0.4 is 5.32 Å². The van der Waals surface area contributed by atoms with Crippen LogP contribution in [0.15, 0.2) is 36.5 Å². The molecule has 5 heteroatoms. The van der Waals surface area contributed by atoms with Gasteiger partial charge in [-0.2, -0.15) is 0 Å². The average Bonchev–Trinajstić information content (AvgIpc) is 3.07. The average molecular weight is 313 g/mol. The van der Waals surface area contributed by atoms with Gasteiger partial charge in [-0.1, -0.05) is 24.3 Å². The zero-order chi connectivity index (χ0) is 15.9. The normalized spacial score (nSPS) is 17.3. The molecule has 1 aromatic heterocycles. The van der Waals surface area contributed by atoms with Gasteiger partial charge in [0.05, 0.1) is 19.3 Å². The molecule has 1 aromatic carbocycles. The highest BCUT2D eigenvalue weighted by Crippen LogP contribution is 2.14. The van der Waals surface area contributed by atoms with Crippen molar-refractivity contribution in [2.75, 3.05) is 18.5 Å². The molecule has 122 valence electrons. The summed E-state index contributed by atoms with van der Waals surface area (Å²) in [5.41, 5.74) is 2.39. The molecule has 1 fully saturated rings. The highest BCUT2D eigenvalue weighted by molar-refractivity contribution is 5.35. The maximum atomic E-state index is 5.77. The van der Waals surface area contributed by atoms with Crippen molar-refractivity contribution in [2.45, 2.75) is 39.0 Å². The summed E-state index contributed by atoms with van der Waals surface area (Å²) in [5.74, 6) is 1.61. The molecule has 1 aliphatic heterocycles. The van der Waals surface area contributed by atoms with E-state index in [0.29, 0.717) is 13.2 Å². The number of nitrogens with zero attached hydrogens (tertiary/aromatic N) is 2. The van der Waals surface area contributed by atoms with Crippen LogP contribution in [0.4, 0.5) is 5.82 Å². The Morgan fingerprint density at radius 1 is 1.30 bits per heavy atom. The second-order valence-corrected chi connectivity index (χ2v) is 5.81. The Balaban J connectivity index is 1.48. The van der Waals surface area contributed by atoms with Crippen molar-refractivity contribution in [3.8, 4) is 0 Å². The van der Waals surface area contributed by atoms with Gasteiger partial charge in [0.1, 0.15) is 11.6 Å². The quantitative estimate of drug-likeness (QED) is 0.851. The summed E-state index contributed by atoms with van der Waals surface area (Å²) in [7, 11) is 0. The van der Waals surface area contributed by atoms with Crippen LogP contribution in [0.3, 0.4) is 0 Å². The van der Waals surface area contributed by atoms with Gasteiger partial charge < -0.3 is 14.8 Å². The first-order valence-electron chi connectivity index (χ1n) is 8.10. The molecule has 2 heterocycles. The molecule has 3 rings (SSSR count). The molecule has 1 saturated heterocycles. The number of ether oxygens (including phenoxy) is 2. The van der Waals surface area contributed by atoms with Crippen LogP contribution in [0.5, 0.6) is 0 Å². The van der Waals surface area contributed by atoms with E-state index in [-0.39, 0.29) is 6.10 Å². The first-order valence-corrected chi connectivity index (χ1v) is 8.10. The monoisotopic (exact) mass is 313 g/mol. The van der Waals surface area contributed by atoms with E-state index in [1.165, 1.54) is 11.1 Å². The molecule has 0 spiro atoms. The lowest BCUT2D eigenvalue weighted by atomic mass is 10.1. The SMILES string of the molecule is Cc1nccc(NCc2cccc(COCC3CCCO3)c2)n1. The molecule has 0 amide bonds. The largest absolute Gasteiger partial charge is 0.376 e. The Hall–Kier alpha value is -1.98. The number of benzene rings is 1. The van der Waals surface area contributed by atoms with Gasteiger partial charge in [-0.25, -0.2) is 9.97 Å². The minimum Gasteiger partial charge on any atom is -0.376 e. The fourth-order valence-electron chi connectivity index (χ4n) is 2.66. The first-order chi connectivity index (χ1) is 11.3. The summed E-state index contributed by atoms with van der Waals surface area (Å²) < 4.78 is 11.3. The fraction of sp³-hybridized carbons (Fsp3) is 0.444. The molecular weight excluding hydrogens is 290 g/mol. The topological polar surface area (TPSA) is 56.3 Å². The van der Waals surface area contributed by atoms with Crippen LogP contribution in [0.1, 0.15) is 29.8 Å². The third kappa shape index (κ3) is 5.01. The van der Waals surface area contributed by atoms with Gasteiger partial charge in [0, 0.05) is 19.3 Å². The van der Waals surface area contributed by atoms with Crippen molar-refractivity contribution in [1.29, 1.82) is 0 Å². The van der Waals surface area contributed by atoms with Gasteiger partial charge in [0.2, 0.25) is 0 Å². The van der Waals surface area contributed by atoms with E-state index in [9.17, 15) is 0 Å².